The number of aryl methyl sites for hydroxylation is 1. The fourth-order valence-corrected chi connectivity index (χ4v) is 6.87. The van der Waals surface area contributed by atoms with Crippen molar-refractivity contribution < 1.29 is 67.0 Å². The van der Waals surface area contributed by atoms with Gasteiger partial charge in [0.15, 0.2) is 11.2 Å². The molecule has 0 saturated heterocycles. The molecule has 8 N–H and O–H groups in total. The molecule has 76 heavy (non-hydrogen) atoms. The number of carboxylic acids is 1. The molecular formula is C48H67N13O15. The van der Waals surface area contributed by atoms with Gasteiger partial charge in [0.25, 0.3) is 23.3 Å². The number of ether oxygens (including phenoxy) is 7. The van der Waals surface area contributed by atoms with Crippen molar-refractivity contribution in [1.82, 2.24) is 55.8 Å². The van der Waals surface area contributed by atoms with Crippen LogP contribution in [0, 0.1) is 0 Å². The number of imide groups is 1. The van der Waals surface area contributed by atoms with Gasteiger partial charge in [0.05, 0.1) is 123 Å². The van der Waals surface area contributed by atoms with Gasteiger partial charge in [-0.1, -0.05) is 5.21 Å². The van der Waals surface area contributed by atoms with Gasteiger partial charge in [0.1, 0.15) is 6.04 Å². The van der Waals surface area contributed by atoms with E-state index < -0.39 is 35.3 Å². The minimum atomic E-state index is -1.27. The summed E-state index contributed by atoms with van der Waals surface area (Å²) in [6.07, 6.45) is 7.61. The third kappa shape index (κ3) is 23.1. The Balaban J connectivity index is 0.755. The lowest BCUT2D eigenvalue weighted by atomic mass is 10.1. The number of carbonyl (C=O) groups excluding carboxylic acids is 5. The Morgan fingerprint density at radius 1 is 0.684 bits per heavy atom. The Morgan fingerprint density at radius 3 is 1.88 bits per heavy atom. The molecule has 4 heterocycles. The molecule has 4 aromatic rings. The number of rotatable bonds is 41. The summed E-state index contributed by atoms with van der Waals surface area (Å²) in [6.45, 7) is 7.19. The number of aromatic nitrogens is 7. The first-order valence-electron chi connectivity index (χ1n) is 24.8. The van der Waals surface area contributed by atoms with E-state index in [0.29, 0.717) is 136 Å². The number of fused-ring (bicyclic) bond motifs is 1. The Morgan fingerprint density at radius 2 is 1.26 bits per heavy atom. The number of benzene rings is 1. The Bertz CT molecular complexity index is 2530. The zero-order valence-electron chi connectivity index (χ0n) is 42.2. The van der Waals surface area contributed by atoms with Gasteiger partial charge in [-0.25, -0.2) is 19.4 Å². The van der Waals surface area contributed by atoms with Crippen molar-refractivity contribution in [2.45, 2.75) is 57.7 Å². The zero-order chi connectivity index (χ0) is 54.2. The summed E-state index contributed by atoms with van der Waals surface area (Å²) in [4.78, 5) is 100.0. The number of nitrogens with zero attached hydrogens (tertiary/aromatic N) is 7. The molecule has 0 saturated carbocycles. The standard InChI is InChI=1S/C48H67N13O15/c49-48-56-44-43(46(67)57-48)54-37(32-53-44)31-52-35-6-4-34(5-7-35)45(66)55-38(47(68)69)8-9-39(62)50-13-2-1-3-36-33-60(59-58-36)16-18-71-20-22-73-24-26-75-28-30-76-29-27-74-25-23-72-21-19-70-17-14-51-40(63)12-15-61-41(64)10-11-42(61)65/h4-7,10-11,32-33,38,52H,1-3,8-9,12-31H2,(H,50,62)(H,51,63)(H,55,66)(H,68,69)(H3,49,53,56,57,67)/t38-/m0/s1. The van der Waals surface area contributed by atoms with Crippen molar-refractivity contribution >= 4 is 58.3 Å². The smallest absolute Gasteiger partial charge is 0.326 e. The third-order valence-electron chi connectivity index (χ3n) is 10.9. The van der Waals surface area contributed by atoms with Gasteiger partial charge in [-0.15, -0.1) is 5.10 Å². The molecule has 1 aliphatic rings. The predicted molar refractivity (Wildman–Crippen MR) is 269 cm³/mol. The van der Waals surface area contributed by atoms with Crippen molar-refractivity contribution in [3.63, 3.8) is 0 Å². The Hall–Kier alpha value is -7.34. The van der Waals surface area contributed by atoms with Crippen LogP contribution in [0.1, 0.15) is 53.8 Å². The molecule has 0 spiro atoms. The van der Waals surface area contributed by atoms with Crippen molar-refractivity contribution in [3.8, 4) is 0 Å². The second kappa shape index (κ2) is 34.3. The number of nitrogens with two attached hydrogens (primary N) is 1. The molecule has 5 amide bonds. The van der Waals surface area contributed by atoms with Gasteiger partial charge in [0, 0.05) is 62.1 Å². The summed E-state index contributed by atoms with van der Waals surface area (Å²) >= 11 is 0. The number of unbranched alkanes of at least 4 members (excludes halogenated alkanes) is 1. The average molecular weight is 1070 g/mol. The fourth-order valence-electron chi connectivity index (χ4n) is 6.87. The number of carbonyl (C=O) groups is 6. The second-order valence-electron chi connectivity index (χ2n) is 16.6. The Kier molecular flexibility index (Phi) is 26.8. The van der Waals surface area contributed by atoms with E-state index in [1.807, 2.05) is 6.20 Å². The van der Waals surface area contributed by atoms with Crippen LogP contribution in [0.15, 0.2) is 53.6 Å². The van der Waals surface area contributed by atoms with Crippen molar-refractivity contribution in [2.75, 3.05) is 123 Å². The normalized spacial score (nSPS) is 12.6. The van der Waals surface area contributed by atoms with E-state index in [1.165, 1.54) is 30.5 Å². The van der Waals surface area contributed by atoms with Crippen LogP contribution < -0.4 is 32.6 Å². The maximum absolute atomic E-state index is 12.9. The van der Waals surface area contributed by atoms with Gasteiger partial charge in [-0.2, -0.15) is 4.98 Å². The fraction of sp³-hybridized carbons (Fsp3) is 0.542. The first-order valence-corrected chi connectivity index (χ1v) is 24.8. The van der Waals surface area contributed by atoms with Crippen LogP contribution >= 0.6 is 0 Å². The number of nitrogens with one attached hydrogen (secondary N) is 5. The molecule has 0 aliphatic carbocycles. The van der Waals surface area contributed by atoms with E-state index in [2.05, 4.69) is 51.5 Å². The maximum Gasteiger partial charge on any atom is 0.326 e. The minimum Gasteiger partial charge on any atom is -0.480 e. The van der Waals surface area contributed by atoms with Crippen molar-refractivity contribution in [3.05, 3.63) is 76.1 Å². The molecule has 1 aromatic carbocycles. The Labute approximate surface area is 437 Å². The highest BCUT2D eigenvalue weighted by Crippen LogP contribution is 2.13. The van der Waals surface area contributed by atoms with Crippen LogP contribution in [-0.4, -0.2) is 199 Å². The number of anilines is 2. The van der Waals surface area contributed by atoms with Crippen LogP contribution in [0.2, 0.25) is 0 Å². The molecule has 1 atom stereocenters. The number of H-pyrrole nitrogens is 1. The van der Waals surface area contributed by atoms with Gasteiger partial charge in [-0.3, -0.25) is 38.7 Å². The van der Waals surface area contributed by atoms with Crippen LogP contribution in [0.3, 0.4) is 0 Å². The summed E-state index contributed by atoms with van der Waals surface area (Å²) in [6, 6.07) is 5.05. The second-order valence-corrected chi connectivity index (χ2v) is 16.6. The summed E-state index contributed by atoms with van der Waals surface area (Å²) in [5.41, 5.74) is 7.35. The largest absolute Gasteiger partial charge is 0.480 e. The van der Waals surface area contributed by atoms with Crippen LogP contribution in [0.25, 0.3) is 11.2 Å². The molecule has 0 unspecified atom stereocenters. The molecule has 5 rings (SSSR count). The molecule has 0 radical (unpaired) electrons. The van der Waals surface area contributed by atoms with E-state index in [1.54, 1.807) is 16.8 Å². The molecule has 28 nitrogen and oxygen atoms in total. The van der Waals surface area contributed by atoms with Gasteiger partial charge >= 0.3 is 5.97 Å². The minimum absolute atomic E-state index is 0.0342. The van der Waals surface area contributed by atoms with E-state index in [-0.39, 0.29) is 66.8 Å². The molecule has 3 aromatic heterocycles. The first kappa shape index (κ1) is 59.5. The topological polar surface area (TPSA) is 367 Å². The van der Waals surface area contributed by atoms with Crippen LogP contribution in [0.4, 0.5) is 11.6 Å². The molecule has 1 aliphatic heterocycles. The number of nitrogen functional groups attached to an aromatic ring is 1. The highest BCUT2D eigenvalue weighted by Gasteiger charge is 2.24. The first-order chi connectivity index (χ1) is 36.9. The highest BCUT2D eigenvalue weighted by molar-refractivity contribution is 6.13. The van der Waals surface area contributed by atoms with Gasteiger partial charge < -0.3 is 65.3 Å². The van der Waals surface area contributed by atoms with Crippen LogP contribution in [0.5, 0.6) is 0 Å². The summed E-state index contributed by atoms with van der Waals surface area (Å²) in [5, 5.41) is 29.1. The lowest BCUT2D eigenvalue weighted by molar-refractivity contribution is -0.140. The maximum atomic E-state index is 12.9. The number of hydrogen-bond donors (Lipinski definition) is 7. The van der Waals surface area contributed by atoms with Crippen molar-refractivity contribution in [2.24, 2.45) is 0 Å². The number of amides is 5. The average Bonchev–Trinajstić information content (AvgIpc) is 4.01. The van der Waals surface area contributed by atoms with E-state index in [0.717, 1.165) is 17.0 Å². The van der Waals surface area contributed by atoms with Crippen LogP contribution in [-0.2, 0) is 76.6 Å². The predicted octanol–water partition coefficient (Wildman–Crippen LogP) is -0.851. The molecule has 28 heteroatoms. The molecule has 0 bridgehead atoms. The molecule has 0 fully saturated rings. The number of aliphatic carboxylic acids is 1. The summed E-state index contributed by atoms with van der Waals surface area (Å²) in [5.74, 6) is -3.34. The SMILES string of the molecule is Nc1nc2ncc(CNc3ccc(C(=O)N[C@@H](CCC(=O)NCCCCc4cn(CCOCCOCCOCCOCCOCCOCCOCCNC(=O)CCN5C(=O)C=CC5=O)nn4)C(=O)O)cc3)nc2c(=O)[nH]1. The quantitative estimate of drug-likeness (QED) is 0.0210. The molecule has 414 valence electrons. The number of hydrogen-bond acceptors (Lipinski definition) is 21. The number of carboxylic acid groups (broad SMARTS) is 1. The highest BCUT2D eigenvalue weighted by atomic mass is 16.6. The van der Waals surface area contributed by atoms with Crippen molar-refractivity contribution in [1.29, 1.82) is 0 Å². The zero-order valence-corrected chi connectivity index (χ0v) is 42.2. The van der Waals surface area contributed by atoms with Gasteiger partial charge in [-0.05, 0) is 49.9 Å². The van der Waals surface area contributed by atoms with Gasteiger partial charge in [0.2, 0.25) is 17.8 Å². The van der Waals surface area contributed by atoms with E-state index in [4.69, 9.17) is 38.9 Å². The lowest BCUT2D eigenvalue weighted by Crippen LogP contribution is -2.41. The molecular weight excluding hydrogens is 999 g/mol. The van der Waals surface area contributed by atoms with E-state index in [9.17, 15) is 38.7 Å². The van der Waals surface area contributed by atoms with E-state index >= 15 is 0 Å². The monoisotopic (exact) mass is 1070 g/mol. The number of aromatic amines is 1. The summed E-state index contributed by atoms with van der Waals surface area (Å²) in [7, 11) is 0. The summed E-state index contributed by atoms with van der Waals surface area (Å²) < 4.78 is 40.2. The third-order valence-corrected chi connectivity index (χ3v) is 10.9. The lowest BCUT2D eigenvalue weighted by Gasteiger charge is -2.15.